The van der Waals surface area contributed by atoms with Crippen molar-refractivity contribution in [2.24, 2.45) is 5.10 Å². The van der Waals surface area contributed by atoms with E-state index in [-0.39, 0.29) is 6.04 Å². The van der Waals surface area contributed by atoms with Crippen LogP contribution < -0.4 is 5.43 Å². The highest BCUT2D eigenvalue weighted by Gasteiger charge is 2.21. The summed E-state index contributed by atoms with van der Waals surface area (Å²) in [5.41, 5.74) is 7.61. The van der Waals surface area contributed by atoms with Crippen LogP contribution in [0.1, 0.15) is 23.6 Å². The Morgan fingerprint density at radius 1 is 0.909 bits per heavy atom. The van der Waals surface area contributed by atoms with Crippen molar-refractivity contribution in [3.05, 3.63) is 65.7 Å². The summed E-state index contributed by atoms with van der Waals surface area (Å²) in [5.74, 6) is 0.604. The quantitative estimate of drug-likeness (QED) is 0.776. The first kappa shape index (κ1) is 12.7. The van der Waals surface area contributed by atoms with Crippen LogP contribution in [0.25, 0.3) is 11.4 Å². The van der Waals surface area contributed by atoms with Gasteiger partial charge in [0.1, 0.15) is 0 Å². The molecule has 0 saturated carbocycles. The molecule has 0 saturated heterocycles. The van der Waals surface area contributed by atoms with Gasteiger partial charge in [0, 0.05) is 12.0 Å². The maximum atomic E-state index is 4.46. The average Bonchev–Trinajstić information content (AvgIpc) is 3.28. The van der Waals surface area contributed by atoms with E-state index in [2.05, 4.69) is 55.4 Å². The predicted molar refractivity (Wildman–Crippen MR) is 83.1 cm³/mol. The number of benzene rings is 2. The highest BCUT2D eigenvalue weighted by molar-refractivity contribution is 6.01. The van der Waals surface area contributed by atoms with Gasteiger partial charge in [-0.25, -0.2) is 0 Å². The van der Waals surface area contributed by atoms with E-state index in [1.807, 2.05) is 30.3 Å². The van der Waals surface area contributed by atoms with Crippen molar-refractivity contribution in [1.82, 2.24) is 26.0 Å². The molecular weight excluding hydrogens is 276 g/mol. The summed E-state index contributed by atoms with van der Waals surface area (Å²) in [4.78, 5) is 0. The Hall–Kier alpha value is -3.02. The van der Waals surface area contributed by atoms with Crippen molar-refractivity contribution in [2.45, 2.75) is 12.5 Å². The molecule has 4 rings (SSSR count). The minimum absolute atomic E-state index is 0.203. The van der Waals surface area contributed by atoms with E-state index in [0.29, 0.717) is 5.82 Å². The molecule has 2 heterocycles. The van der Waals surface area contributed by atoms with E-state index in [9.17, 15) is 0 Å². The van der Waals surface area contributed by atoms with Gasteiger partial charge in [-0.1, -0.05) is 54.6 Å². The zero-order valence-electron chi connectivity index (χ0n) is 11.8. The van der Waals surface area contributed by atoms with Crippen LogP contribution in [0.3, 0.4) is 0 Å². The molecule has 1 aromatic heterocycles. The van der Waals surface area contributed by atoms with Gasteiger partial charge in [0.2, 0.25) is 5.82 Å². The lowest BCUT2D eigenvalue weighted by Crippen LogP contribution is -2.09. The number of H-pyrrole nitrogens is 1. The Bertz CT molecular complexity index is 777. The molecule has 0 amide bonds. The van der Waals surface area contributed by atoms with Gasteiger partial charge in [0.05, 0.1) is 11.8 Å². The molecule has 108 valence electrons. The first-order valence-corrected chi connectivity index (χ1v) is 7.11. The van der Waals surface area contributed by atoms with Crippen LogP contribution in [0.5, 0.6) is 0 Å². The van der Waals surface area contributed by atoms with Crippen molar-refractivity contribution >= 4 is 5.71 Å². The Balaban J connectivity index is 1.50. The molecule has 1 aliphatic rings. The smallest absolute Gasteiger partial charge is 0.204 e. The van der Waals surface area contributed by atoms with Gasteiger partial charge in [-0.15, -0.1) is 10.2 Å². The number of aromatic nitrogens is 4. The molecule has 0 bridgehead atoms. The minimum Gasteiger partial charge on any atom is -0.302 e. The number of nitrogens with one attached hydrogen (secondary N) is 2. The summed E-state index contributed by atoms with van der Waals surface area (Å²) in [6.45, 7) is 0. The average molecular weight is 290 g/mol. The van der Waals surface area contributed by atoms with Crippen LogP contribution in [0.4, 0.5) is 0 Å². The van der Waals surface area contributed by atoms with Crippen molar-refractivity contribution in [1.29, 1.82) is 0 Å². The van der Waals surface area contributed by atoms with Crippen molar-refractivity contribution in [3.63, 3.8) is 0 Å². The largest absolute Gasteiger partial charge is 0.302 e. The molecule has 2 N–H and O–H groups in total. The highest BCUT2D eigenvalue weighted by Crippen LogP contribution is 2.26. The van der Waals surface area contributed by atoms with Gasteiger partial charge < -0.3 is 5.43 Å². The Morgan fingerprint density at radius 2 is 1.73 bits per heavy atom. The summed E-state index contributed by atoms with van der Waals surface area (Å²) in [5, 5.41) is 18.5. The number of hydrazone groups is 1. The lowest BCUT2D eigenvalue weighted by Gasteiger charge is -2.10. The van der Waals surface area contributed by atoms with E-state index in [0.717, 1.165) is 17.7 Å². The van der Waals surface area contributed by atoms with Crippen LogP contribution >= 0.6 is 0 Å². The van der Waals surface area contributed by atoms with Gasteiger partial charge in [0.15, 0.2) is 0 Å². The van der Waals surface area contributed by atoms with Crippen molar-refractivity contribution < 1.29 is 0 Å². The van der Waals surface area contributed by atoms with Gasteiger partial charge in [-0.2, -0.15) is 10.3 Å². The number of nitrogens with zero attached hydrogens (tertiary/aromatic N) is 4. The summed E-state index contributed by atoms with van der Waals surface area (Å²) < 4.78 is 0. The molecule has 6 heteroatoms. The first-order valence-electron chi connectivity index (χ1n) is 7.11. The molecule has 3 aromatic rings. The normalized spacial score (nSPS) is 17.1. The Labute approximate surface area is 127 Å². The number of hydrogen-bond acceptors (Lipinski definition) is 5. The van der Waals surface area contributed by atoms with E-state index in [1.54, 1.807) is 0 Å². The topological polar surface area (TPSA) is 78.9 Å². The van der Waals surface area contributed by atoms with Crippen molar-refractivity contribution in [3.8, 4) is 11.4 Å². The van der Waals surface area contributed by atoms with Crippen LogP contribution in [-0.4, -0.2) is 26.3 Å². The first-order chi connectivity index (χ1) is 10.9. The zero-order chi connectivity index (χ0) is 14.8. The molecule has 0 radical (unpaired) electrons. The van der Waals surface area contributed by atoms with E-state index < -0.39 is 0 Å². The summed E-state index contributed by atoms with van der Waals surface area (Å²) in [6.07, 6.45) is 0.881. The van der Waals surface area contributed by atoms with E-state index in [4.69, 9.17) is 0 Å². The van der Waals surface area contributed by atoms with Gasteiger partial charge >= 0.3 is 0 Å². The standard InChI is InChI=1S/C16H14N6/c1-2-4-11(5-3-1)14-10-15(18-17-14)12-6-8-13(9-7-12)16-19-21-22-20-16/h1-9,15,18H,10H2,(H,19,20,21,22). The monoisotopic (exact) mass is 290 g/mol. The second kappa shape index (κ2) is 5.40. The van der Waals surface area contributed by atoms with E-state index in [1.165, 1.54) is 11.1 Å². The fraction of sp³-hybridized carbons (Fsp3) is 0.125. The lowest BCUT2D eigenvalue weighted by molar-refractivity contribution is 0.620. The lowest BCUT2D eigenvalue weighted by atomic mass is 9.98. The molecule has 22 heavy (non-hydrogen) atoms. The maximum Gasteiger partial charge on any atom is 0.204 e. The fourth-order valence-electron chi connectivity index (χ4n) is 2.59. The highest BCUT2D eigenvalue weighted by atomic mass is 15.5. The summed E-state index contributed by atoms with van der Waals surface area (Å²) in [7, 11) is 0. The molecule has 0 aliphatic carbocycles. The third-order valence-corrected chi connectivity index (χ3v) is 3.78. The molecular formula is C16H14N6. The van der Waals surface area contributed by atoms with Crippen LogP contribution in [0.15, 0.2) is 59.7 Å². The molecule has 0 fully saturated rings. The summed E-state index contributed by atoms with van der Waals surface area (Å²) >= 11 is 0. The van der Waals surface area contributed by atoms with Gasteiger partial charge in [0.25, 0.3) is 0 Å². The third-order valence-electron chi connectivity index (χ3n) is 3.78. The second-order valence-corrected chi connectivity index (χ2v) is 5.17. The number of aromatic amines is 1. The molecule has 2 aromatic carbocycles. The van der Waals surface area contributed by atoms with Crippen LogP contribution in [-0.2, 0) is 0 Å². The summed E-state index contributed by atoms with van der Waals surface area (Å²) in [6, 6.07) is 18.6. The fourth-order valence-corrected chi connectivity index (χ4v) is 2.59. The third kappa shape index (κ3) is 2.35. The Morgan fingerprint density at radius 3 is 2.45 bits per heavy atom. The van der Waals surface area contributed by atoms with Crippen LogP contribution in [0, 0.1) is 0 Å². The maximum absolute atomic E-state index is 4.46. The van der Waals surface area contributed by atoms with E-state index >= 15 is 0 Å². The Kier molecular flexibility index (Phi) is 3.12. The molecule has 1 atom stereocenters. The minimum atomic E-state index is 0.203. The molecule has 1 aliphatic heterocycles. The van der Waals surface area contributed by atoms with Crippen molar-refractivity contribution in [2.75, 3.05) is 0 Å². The second-order valence-electron chi connectivity index (χ2n) is 5.17. The van der Waals surface area contributed by atoms with Crippen LogP contribution in [0.2, 0.25) is 0 Å². The zero-order valence-corrected chi connectivity index (χ0v) is 11.8. The molecule has 1 unspecified atom stereocenters. The molecule has 6 nitrogen and oxygen atoms in total. The number of tetrazole rings is 1. The van der Waals surface area contributed by atoms with Gasteiger partial charge in [-0.3, -0.25) is 0 Å². The predicted octanol–water partition coefficient (Wildman–Crippen LogP) is 2.31. The molecule has 0 spiro atoms. The SMILES string of the molecule is c1ccc(C2=NNC(c3ccc(-c4nn[nH]n4)cc3)C2)cc1. The van der Waals surface area contributed by atoms with Gasteiger partial charge in [-0.05, 0) is 16.3 Å². The number of hydrogen-bond donors (Lipinski definition) is 2. The number of rotatable bonds is 3.